The number of nitrogens with zero attached hydrogens (tertiary/aromatic N) is 3. The third kappa shape index (κ3) is 3.26. The molecule has 0 amide bonds. The molecule has 1 aromatic rings. The maximum absolute atomic E-state index is 5.93. The average molecular weight is 265 g/mol. The van der Waals surface area contributed by atoms with Gasteiger partial charge in [0.05, 0.1) is 7.11 Å². The number of nitrogens with two attached hydrogens (primary N) is 1. The maximum Gasteiger partial charge on any atom is 0.242 e. The molecule has 106 valence electrons. The molecule has 6 heteroatoms. The van der Waals surface area contributed by atoms with E-state index in [1.165, 1.54) is 19.3 Å². The average Bonchev–Trinajstić information content (AvgIpc) is 2.86. The van der Waals surface area contributed by atoms with Crippen molar-refractivity contribution < 1.29 is 4.74 Å². The molecule has 19 heavy (non-hydrogen) atoms. The number of likely N-dealkylation sites (tertiary alicyclic amines) is 1. The Kier molecular flexibility index (Phi) is 4.42. The first-order valence-corrected chi connectivity index (χ1v) is 6.74. The van der Waals surface area contributed by atoms with E-state index in [-0.39, 0.29) is 0 Å². The van der Waals surface area contributed by atoms with E-state index in [0.29, 0.717) is 29.3 Å². The molecule has 1 unspecified atom stereocenters. The van der Waals surface area contributed by atoms with Crippen LogP contribution < -0.4 is 15.8 Å². The number of anilines is 2. The topological polar surface area (TPSA) is 76.3 Å². The minimum Gasteiger partial charge on any atom is -0.479 e. The zero-order chi connectivity index (χ0) is 13.8. The van der Waals surface area contributed by atoms with Gasteiger partial charge in [0, 0.05) is 19.1 Å². The van der Waals surface area contributed by atoms with E-state index in [9.17, 15) is 0 Å². The zero-order valence-electron chi connectivity index (χ0n) is 11.9. The summed E-state index contributed by atoms with van der Waals surface area (Å²) in [6.07, 6.45) is 2.68. The fourth-order valence-corrected chi connectivity index (χ4v) is 2.42. The van der Waals surface area contributed by atoms with Crippen molar-refractivity contribution in [3.05, 3.63) is 6.33 Å². The lowest BCUT2D eigenvalue weighted by Crippen LogP contribution is -2.29. The van der Waals surface area contributed by atoms with E-state index >= 15 is 0 Å². The van der Waals surface area contributed by atoms with Gasteiger partial charge in [0.25, 0.3) is 0 Å². The van der Waals surface area contributed by atoms with Crippen molar-refractivity contribution >= 4 is 11.5 Å². The van der Waals surface area contributed by atoms with Crippen LogP contribution in [0.2, 0.25) is 0 Å². The van der Waals surface area contributed by atoms with Crippen molar-refractivity contribution in [1.82, 2.24) is 14.9 Å². The third-order valence-electron chi connectivity index (χ3n) is 3.65. The molecular formula is C13H23N5O. The Hall–Kier alpha value is -1.56. The highest BCUT2D eigenvalue weighted by molar-refractivity contribution is 5.66. The van der Waals surface area contributed by atoms with Crippen LogP contribution in [0.3, 0.4) is 0 Å². The zero-order valence-corrected chi connectivity index (χ0v) is 11.9. The van der Waals surface area contributed by atoms with Crippen LogP contribution in [0.5, 0.6) is 5.88 Å². The van der Waals surface area contributed by atoms with Gasteiger partial charge in [0.2, 0.25) is 5.88 Å². The van der Waals surface area contributed by atoms with Crippen LogP contribution in [0.4, 0.5) is 11.5 Å². The van der Waals surface area contributed by atoms with Gasteiger partial charge in [-0.05, 0) is 32.7 Å². The largest absolute Gasteiger partial charge is 0.479 e. The highest BCUT2D eigenvalue weighted by Gasteiger charge is 2.24. The highest BCUT2D eigenvalue weighted by atomic mass is 16.5. The Morgan fingerprint density at radius 3 is 2.95 bits per heavy atom. The first-order chi connectivity index (χ1) is 9.11. The Balaban J connectivity index is 1.90. The summed E-state index contributed by atoms with van der Waals surface area (Å²) >= 11 is 0. The molecule has 1 saturated heterocycles. The molecule has 6 nitrogen and oxygen atoms in total. The van der Waals surface area contributed by atoms with Crippen molar-refractivity contribution in [2.75, 3.05) is 37.8 Å². The van der Waals surface area contributed by atoms with Crippen molar-refractivity contribution in [2.24, 2.45) is 5.92 Å². The second kappa shape index (κ2) is 6.06. The smallest absolute Gasteiger partial charge is 0.242 e. The van der Waals surface area contributed by atoms with E-state index < -0.39 is 0 Å². The number of aromatic nitrogens is 2. The van der Waals surface area contributed by atoms with Crippen LogP contribution in [0.15, 0.2) is 6.33 Å². The standard InChI is InChI=1S/C13H23N5O/c1-9(2)18-5-4-10(7-18)6-15-12-11(14)13(19-3)17-8-16-12/h8-10H,4-7,14H2,1-3H3,(H,15,16,17). The second-order valence-corrected chi connectivity index (χ2v) is 5.27. The molecule has 0 aromatic carbocycles. The highest BCUT2D eigenvalue weighted by Crippen LogP contribution is 2.25. The number of rotatable bonds is 5. The van der Waals surface area contributed by atoms with Gasteiger partial charge in [-0.1, -0.05) is 0 Å². The lowest BCUT2D eigenvalue weighted by Gasteiger charge is -2.20. The van der Waals surface area contributed by atoms with E-state index in [2.05, 4.69) is 34.0 Å². The molecular weight excluding hydrogens is 242 g/mol. The van der Waals surface area contributed by atoms with Crippen molar-refractivity contribution in [1.29, 1.82) is 0 Å². The molecule has 1 aromatic heterocycles. The molecule has 0 saturated carbocycles. The fourth-order valence-electron chi connectivity index (χ4n) is 2.42. The van der Waals surface area contributed by atoms with Crippen LogP contribution in [0, 0.1) is 5.92 Å². The van der Waals surface area contributed by atoms with Gasteiger partial charge in [0.1, 0.15) is 12.0 Å². The molecule has 1 aliphatic heterocycles. The number of ether oxygens (including phenoxy) is 1. The van der Waals surface area contributed by atoms with E-state index in [4.69, 9.17) is 10.5 Å². The quantitative estimate of drug-likeness (QED) is 0.833. The van der Waals surface area contributed by atoms with Crippen molar-refractivity contribution in [3.63, 3.8) is 0 Å². The number of methoxy groups -OCH3 is 1. The van der Waals surface area contributed by atoms with Gasteiger partial charge in [-0.15, -0.1) is 0 Å². The van der Waals surface area contributed by atoms with Gasteiger partial charge >= 0.3 is 0 Å². The molecule has 0 spiro atoms. The number of hydrogen-bond donors (Lipinski definition) is 2. The Labute approximate surface area is 114 Å². The lowest BCUT2D eigenvalue weighted by molar-refractivity contribution is 0.266. The number of nitrogen functional groups attached to an aromatic ring is 1. The van der Waals surface area contributed by atoms with Gasteiger partial charge in [0.15, 0.2) is 5.82 Å². The van der Waals surface area contributed by atoms with Crippen LogP contribution in [-0.2, 0) is 0 Å². The second-order valence-electron chi connectivity index (χ2n) is 5.27. The summed E-state index contributed by atoms with van der Waals surface area (Å²) in [5.41, 5.74) is 6.41. The molecule has 1 aliphatic rings. The van der Waals surface area contributed by atoms with Gasteiger partial charge in [-0.25, -0.2) is 4.98 Å². The maximum atomic E-state index is 5.93. The van der Waals surface area contributed by atoms with Crippen LogP contribution in [0.1, 0.15) is 20.3 Å². The molecule has 1 atom stereocenters. The van der Waals surface area contributed by atoms with Gasteiger partial charge in [-0.3, -0.25) is 0 Å². The monoisotopic (exact) mass is 265 g/mol. The fraction of sp³-hybridized carbons (Fsp3) is 0.692. The van der Waals surface area contributed by atoms with Gasteiger partial charge in [-0.2, -0.15) is 4.98 Å². The molecule has 0 radical (unpaired) electrons. The molecule has 2 heterocycles. The molecule has 0 aliphatic carbocycles. The molecule has 0 bridgehead atoms. The molecule has 3 N–H and O–H groups in total. The van der Waals surface area contributed by atoms with Crippen LogP contribution in [0.25, 0.3) is 0 Å². The summed E-state index contributed by atoms with van der Waals surface area (Å²) in [5, 5.41) is 3.31. The third-order valence-corrected chi connectivity index (χ3v) is 3.65. The predicted molar refractivity (Wildman–Crippen MR) is 76.3 cm³/mol. The molecule has 1 fully saturated rings. The summed E-state index contributed by atoms with van der Waals surface area (Å²) in [6.45, 7) is 7.67. The summed E-state index contributed by atoms with van der Waals surface area (Å²) in [6, 6.07) is 0.620. The molecule has 2 rings (SSSR count). The summed E-state index contributed by atoms with van der Waals surface area (Å²) in [7, 11) is 1.56. The minimum atomic E-state index is 0.424. The lowest BCUT2D eigenvalue weighted by atomic mass is 10.1. The van der Waals surface area contributed by atoms with Crippen molar-refractivity contribution in [2.45, 2.75) is 26.3 Å². The normalized spacial score (nSPS) is 19.9. The summed E-state index contributed by atoms with van der Waals surface area (Å²) in [5.74, 6) is 1.73. The first kappa shape index (κ1) is 13.9. The van der Waals surface area contributed by atoms with E-state index in [0.717, 1.165) is 13.1 Å². The van der Waals surface area contributed by atoms with E-state index in [1.807, 2.05) is 0 Å². The Morgan fingerprint density at radius 1 is 1.53 bits per heavy atom. The predicted octanol–water partition coefficient (Wildman–Crippen LogP) is 1.21. The van der Waals surface area contributed by atoms with Crippen molar-refractivity contribution in [3.8, 4) is 5.88 Å². The SMILES string of the molecule is COc1ncnc(NCC2CCN(C(C)C)C2)c1N. The van der Waals surface area contributed by atoms with E-state index in [1.54, 1.807) is 7.11 Å². The summed E-state index contributed by atoms with van der Waals surface area (Å²) in [4.78, 5) is 10.6. The first-order valence-electron chi connectivity index (χ1n) is 6.74. The van der Waals surface area contributed by atoms with Crippen LogP contribution >= 0.6 is 0 Å². The minimum absolute atomic E-state index is 0.424. The summed E-state index contributed by atoms with van der Waals surface area (Å²) < 4.78 is 5.08. The Bertz CT molecular complexity index is 423. The van der Waals surface area contributed by atoms with Crippen LogP contribution in [-0.4, -0.2) is 47.7 Å². The number of hydrogen-bond acceptors (Lipinski definition) is 6. The Morgan fingerprint density at radius 2 is 2.32 bits per heavy atom. The van der Waals surface area contributed by atoms with Gasteiger partial charge < -0.3 is 20.7 Å². The number of nitrogens with one attached hydrogen (secondary N) is 1.